The molecule has 0 aromatic rings. The second-order valence-corrected chi connectivity index (χ2v) is 7.54. The van der Waals surface area contributed by atoms with Crippen molar-refractivity contribution < 1.29 is 4.74 Å². The van der Waals surface area contributed by atoms with E-state index in [2.05, 4.69) is 26.1 Å². The largest absolute Gasteiger partial charge is 0.378 e. The fraction of sp³-hybridized carbons (Fsp3) is 1.00. The molecule has 2 heteroatoms. The first-order valence-electron chi connectivity index (χ1n) is 7.89. The Morgan fingerprint density at radius 3 is 2.61 bits per heavy atom. The lowest BCUT2D eigenvalue weighted by Gasteiger charge is -2.39. The first-order valence-corrected chi connectivity index (χ1v) is 7.89. The highest BCUT2D eigenvalue weighted by atomic mass is 16.5. The number of nitrogens with one attached hydrogen (secondary N) is 1. The van der Waals surface area contributed by atoms with Gasteiger partial charge in [0.25, 0.3) is 0 Å². The Labute approximate surface area is 112 Å². The van der Waals surface area contributed by atoms with E-state index >= 15 is 0 Å². The van der Waals surface area contributed by atoms with E-state index in [-0.39, 0.29) is 0 Å². The molecule has 104 valence electrons. The summed E-state index contributed by atoms with van der Waals surface area (Å²) in [6.07, 6.45) is 8.55. The predicted molar refractivity (Wildman–Crippen MR) is 74.6 cm³/mol. The van der Waals surface area contributed by atoms with E-state index < -0.39 is 0 Å². The summed E-state index contributed by atoms with van der Waals surface area (Å²) in [5, 5.41) is 3.86. The van der Waals surface area contributed by atoms with Crippen molar-refractivity contribution in [2.24, 2.45) is 16.7 Å². The molecule has 3 rings (SSSR count). The van der Waals surface area contributed by atoms with Gasteiger partial charge in [0.2, 0.25) is 0 Å². The van der Waals surface area contributed by atoms with Crippen LogP contribution in [0.25, 0.3) is 0 Å². The van der Waals surface area contributed by atoms with Crippen LogP contribution < -0.4 is 5.32 Å². The molecule has 2 bridgehead atoms. The number of hydrogen-bond acceptors (Lipinski definition) is 2. The summed E-state index contributed by atoms with van der Waals surface area (Å²) in [5.74, 6) is 0.947. The summed E-state index contributed by atoms with van der Waals surface area (Å²) in [7, 11) is 0. The molecule has 18 heavy (non-hydrogen) atoms. The van der Waals surface area contributed by atoms with Crippen LogP contribution in [0.15, 0.2) is 0 Å². The standard InChI is InChI=1S/C16H29NO/c1-15(2)12-6-8-16(15,3)14(11-12)17-9-7-13-5-4-10-18-13/h12-14,17H,4-11H2,1-3H3. The van der Waals surface area contributed by atoms with Crippen LogP contribution in [0.2, 0.25) is 0 Å². The zero-order valence-corrected chi connectivity index (χ0v) is 12.3. The molecule has 1 aliphatic heterocycles. The van der Waals surface area contributed by atoms with Crippen LogP contribution >= 0.6 is 0 Å². The average Bonchev–Trinajstić information content (AvgIpc) is 2.95. The van der Waals surface area contributed by atoms with Gasteiger partial charge in [0, 0.05) is 12.6 Å². The second kappa shape index (κ2) is 4.49. The maximum atomic E-state index is 5.71. The Balaban J connectivity index is 1.52. The first-order chi connectivity index (χ1) is 8.54. The monoisotopic (exact) mass is 251 g/mol. The zero-order valence-electron chi connectivity index (χ0n) is 12.3. The number of hydrogen-bond donors (Lipinski definition) is 1. The van der Waals surface area contributed by atoms with Gasteiger partial charge in [-0.05, 0) is 61.8 Å². The molecule has 2 nitrogen and oxygen atoms in total. The molecule has 0 aromatic heterocycles. The third-order valence-electron chi connectivity index (χ3n) is 6.68. The first kappa shape index (κ1) is 12.9. The van der Waals surface area contributed by atoms with Gasteiger partial charge in [-0.15, -0.1) is 0 Å². The summed E-state index contributed by atoms with van der Waals surface area (Å²) < 4.78 is 5.71. The molecular weight excluding hydrogens is 222 g/mol. The molecule has 1 saturated heterocycles. The lowest BCUT2D eigenvalue weighted by Crippen LogP contribution is -2.45. The Morgan fingerprint density at radius 1 is 1.22 bits per heavy atom. The number of rotatable bonds is 4. The van der Waals surface area contributed by atoms with Gasteiger partial charge in [0.1, 0.15) is 0 Å². The molecule has 3 aliphatic rings. The highest BCUT2D eigenvalue weighted by Crippen LogP contribution is 2.65. The van der Waals surface area contributed by atoms with Gasteiger partial charge in [-0.2, -0.15) is 0 Å². The molecule has 0 spiro atoms. The third-order valence-corrected chi connectivity index (χ3v) is 6.68. The highest BCUT2D eigenvalue weighted by Gasteiger charge is 2.60. The Kier molecular flexibility index (Phi) is 3.22. The minimum atomic E-state index is 0.522. The lowest BCUT2D eigenvalue weighted by molar-refractivity contribution is 0.0947. The highest BCUT2D eigenvalue weighted by molar-refractivity contribution is 5.12. The Hall–Kier alpha value is -0.0800. The molecule has 1 heterocycles. The van der Waals surface area contributed by atoms with Crippen molar-refractivity contribution in [1.29, 1.82) is 0 Å². The van der Waals surface area contributed by atoms with Crippen molar-refractivity contribution in [3.63, 3.8) is 0 Å². The van der Waals surface area contributed by atoms with Crippen LogP contribution in [0.4, 0.5) is 0 Å². The van der Waals surface area contributed by atoms with Gasteiger partial charge in [-0.1, -0.05) is 20.8 Å². The normalized spacial score (nSPS) is 45.8. The summed E-state index contributed by atoms with van der Waals surface area (Å²) in [5.41, 5.74) is 1.06. The van der Waals surface area contributed by atoms with Gasteiger partial charge in [-0.25, -0.2) is 0 Å². The summed E-state index contributed by atoms with van der Waals surface area (Å²) in [6.45, 7) is 9.64. The van der Waals surface area contributed by atoms with Crippen LogP contribution in [0, 0.1) is 16.7 Å². The quantitative estimate of drug-likeness (QED) is 0.827. The Morgan fingerprint density at radius 2 is 2.06 bits per heavy atom. The fourth-order valence-electron chi connectivity index (χ4n) is 4.80. The van der Waals surface area contributed by atoms with E-state index in [9.17, 15) is 0 Å². The lowest BCUT2D eigenvalue weighted by atomic mass is 9.69. The third kappa shape index (κ3) is 1.84. The van der Waals surface area contributed by atoms with Crippen LogP contribution in [0.5, 0.6) is 0 Å². The molecule has 4 unspecified atom stereocenters. The van der Waals surface area contributed by atoms with Crippen LogP contribution in [0.1, 0.15) is 59.3 Å². The van der Waals surface area contributed by atoms with Crippen LogP contribution in [0.3, 0.4) is 0 Å². The maximum Gasteiger partial charge on any atom is 0.0588 e. The Bertz CT molecular complexity index is 308. The van der Waals surface area contributed by atoms with Crippen molar-refractivity contribution in [2.45, 2.75) is 71.4 Å². The molecule has 2 saturated carbocycles. The van der Waals surface area contributed by atoms with E-state index in [4.69, 9.17) is 4.74 Å². The smallest absolute Gasteiger partial charge is 0.0588 e. The minimum absolute atomic E-state index is 0.522. The van der Waals surface area contributed by atoms with Gasteiger partial charge in [0.15, 0.2) is 0 Å². The molecule has 0 aromatic carbocycles. The van der Waals surface area contributed by atoms with Crippen LogP contribution in [-0.4, -0.2) is 25.3 Å². The van der Waals surface area contributed by atoms with E-state index in [1.165, 1.54) is 38.5 Å². The van der Waals surface area contributed by atoms with Gasteiger partial charge >= 0.3 is 0 Å². The summed E-state index contributed by atoms with van der Waals surface area (Å²) >= 11 is 0. The van der Waals surface area contributed by atoms with Crippen molar-refractivity contribution >= 4 is 0 Å². The molecule has 2 aliphatic carbocycles. The summed E-state index contributed by atoms with van der Waals surface area (Å²) in [6, 6.07) is 0.743. The van der Waals surface area contributed by atoms with Crippen molar-refractivity contribution in [2.75, 3.05) is 13.2 Å². The molecule has 4 atom stereocenters. The van der Waals surface area contributed by atoms with Crippen molar-refractivity contribution in [3.8, 4) is 0 Å². The maximum absolute atomic E-state index is 5.71. The average molecular weight is 251 g/mol. The predicted octanol–water partition coefficient (Wildman–Crippen LogP) is 3.36. The number of fused-ring (bicyclic) bond motifs is 2. The molecule has 0 radical (unpaired) electrons. The van der Waals surface area contributed by atoms with Gasteiger partial charge in [-0.3, -0.25) is 0 Å². The van der Waals surface area contributed by atoms with Crippen molar-refractivity contribution in [1.82, 2.24) is 5.32 Å². The number of ether oxygens (including phenoxy) is 1. The molecular formula is C16H29NO. The van der Waals surface area contributed by atoms with Gasteiger partial charge < -0.3 is 10.1 Å². The van der Waals surface area contributed by atoms with Crippen molar-refractivity contribution in [3.05, 3.63) is 0 Å². The minimum Gasteiger partial charge on any atom is -0.378 e. The van der Waals surface area contributed by atoms with Crippen LogP contribution in [-0.2, 0) is 4.74 Å². The second-order valence-electron chi connectivity index (χ2n) is 7.54. The van der Waals surface area contributed by atoms with E-state index in [1.807, 2.05) is 0 Å². The van der Waals surface area contributed by atoms with E-state index in [0.29, 0.717) is 16.9 Å². The fourth-order valence-corrected chi connectivity index (χ4v) is 4.80. The molecule has 3 fully saturated rings. The topological polar surface area (TPSA) is 21.3 Å². The SMILES string of the molecule is CC1(C)C2CCC1(C)C(NCCC1CCCO1)C2. The summed E-state index contributed by atoms with van der Waals surface area (Å²) in [4.78, 5) is 0. The van der Waals surface area contributed by atoms with Gasteiger partial charge in [0.05, 0.1) is 6.10 Å². The van der Waals surface area contributed by atoms with E-state index in [1.54, 1.807) is 0 Å². The molecule has 1 N–H and O–H groups in total. The molecule has 0 amide bonds. The zero-order chi connectivity index (χ0) is 12.8. The van der Waals surface area contributed by atoms with E-state index in [0.717, 1.165) is 25.1 Å².